The van der Waals surface area contributed by atoms with Gasteiger partial charge in [0.15, 0.2) is 5.82 Å². The minimum atomic E-state index is 0.0788. The maximum absolute atomic E-state index is 13.1. The van der Waals surface area contributed by atoms with Gasteiger partial charge in [0.05, 0.1) is 38.7 Å². The molecule has 0 saturated carbocycles. The van der Waals surface area contributed by atoms with Crippen LogP contribution in [0.25, 0.3) is 11.4 Å². The van der Waals surface area contributed by atoms with Gasteiger partial charge < -0.3 is 24.2 Å². The number of morpholine rings is 2. The number of aromatic nitrogens is 3. The van der Waals surface area contributed by atoms with Crippen LogP contribution in [-0.4, -0.2) is 89.9 Å². The molecule has 3 aliphatic heterocycles. The highest BCUT2D eigenvalue weighted by Crippen LogP contribution is 2.30. The van der Waals surface area contributed by atoms with Crippen molar-refractivity contribution in [3.05, 3.63) is 35.8 Å². The molecule has 3 aliphatic rings. The summed E-state index contributed by atoms with van der Waals surface area (Å²) >= 11 is 0. The number of fused-ring (bicyclic) bond motifs is 1. The molecule has 2 fully saturated rings. The molecule has 0 N–H and O–H groups in total. The molecule has 5 heterocycles. The van der Waals surface area contributed by atoms with Gasteiger partial charge in [0.1, 0.15) is 5.82 Å². The Morgan fingerprint density at radius 2 is 1.57 bits per heavy atom. The van der Waals surface area contributed by atoms with Crippen molar-refractivity contribution in [2.24, 2.45) is 0 Å². The summed E-state index contributed by atoms with van der Waals surface area (Å²) in [6.07, 6.45) is 4.24. The molecular weight excluding hydrogens is 384 g/mol. The molecule has 2 aromatic heterocycles. The first-order valence-corrected chi connectivity index (χ1v) is 10.5. The van der Waals surface area contributed by atoms with Gasteiger partial charge in [0.25, 0.3) is 0 Å². The third-order valence-electron chi connectivity index (χ3n) is 5.84. The van der Waals surface area contributed by atoms with Crippen LogP contribution < -0.4 is 4.90 Å². The molecule has 9 nitrogen and oxygen atoms in total. The van der Waals surface area contributed by atoms with Gasteiger partial charge in [-0.25, -0.2) is 14.8 Å². The largest absolute Gasteiger partial charge is 0.378 e. The van der Waals surface area contributed by atoms with E-state index in [9.17, 15) is 4.79 Å². The standard InChI is InChI=1S/C21H26N6O3/c28-21(26-9-13-30-14-10-26)27-6-3-18-17(15-27)20(25-7-11-29-12-8-25)24-19(23-18)16-1-4-22-5-2-16/h1-2,4-5H,3,6-15H2. The fourth-order valence-electron chi connectivity index (χ4n) is 4.18. The van der Waals surface area contributed by atoms with E-state index in [2.05, 4.69) is 9.88 Å². The highest BCUT2D eigenvalue weighted by atomic mass is 16.5. The number of rotatable bonds is 2. The molecule has 0 spiro atoms. The van der Waals surface area contributed by atoms with Crippen LogP contribution in [0.2, 0.25) is 0 Å². The second-order valence-electron chi connectivity index (χ2n) is 7.68. The average molecular weight is 410 g/mol. The molecular formula is C21H26N6O3. The summed E-state index contributed by atoms with van der Waals surface area (Å²) in [5.74, 6) is 1.64. The van der Waals surface area contributed by atoms with E-state index in [1.54, 1.807) is 12.4 Å². The van der Waals surface area contributed by atoms with Gasteiger partial charge in [-0.1, -0.05) is 0 Å². The van der Waals surface area contributed by atoms with Gasteiger partial charge in [-0.3, -0.25) is 4.98 Å². The lowest BCUT2D eigenvalue weighted by Crippen LogP contribution is -2.50. The summed E-state index contributed by atoms with van der Waals surface area (Å²) in [5, 5.41) is 0. The van der Waals surface area contributed by atoms with E-state index in [-0.39, 0.29) is 6.03 Å². The Kier molecular flexibility index (Phi) is 5.46. The maximum atomic E-state index is 13.1. The molecule has 0 atom stereocenters. The molecule has 0 radical (unpaired) electrons. The van der Waals surface area contributed by atoms with Gasteiger partial charge in [0, 0.05) is 62.7 Å². The molecule has 0 unspecified atom stereocenters. The van der Waals surface area contributed by atoms with Crippen LogP contribution in [0.5, 0.6) is 0 Å². The zero-order valence-corrected chi connectivity index (χ0v) is 17.0. The number of hydrogen-bond donors (Lipinski definition) is 0. The summed E-state index contributed by atoms with van der Waals surface area (Å²) in [6, 6.07) is 3.94. The topological polar surface area (TPSA) is 83.9 Å². The van der Waals surface area contributed by atoms with E-state index in [1.165, 1.54) is 0 Å². The number of urea groups is 1. The molecule has 5 rings (SSSR count). The summed E-state index contributed by atoms with van der Waals surface area (Å²) in [4.78, 5) is 33.1. The second kappa shape index (κ2) is 8.53. The minimum Gasteiger partial charge on any atom is -0.378 e. The van der Waals surface area contributed by atoms with Crippen molar-refractivity contribution in [3.63, 3.8) is 0 Å². The molecule has 0 aromatic carbocycles. The summed E-state index contributed by atoms with van der Waals surface area (Å²) < 4.78 is 10.9. The Hall–Kier alpha value is -2.78. The quantitative estimate of drug-likeness (QED) is 0.735. The normalized spacial score (nSPS) is 19.5. The van der Waals surface area contributed by atoms with Crippen molar-refractivity contribution in [1.29, 1.82) is 0 Å². The molecule has 0 bridgehead atoms. The first-order valence-electron chi connectivity index (χ1n) is 10.5. The highest BCUT2D eigenvalue weighted by Gasteiger charge is 2.31. The van der Waals surface area contributed by atoms with Crippen LogP contribution in [0.3, 0.4) is 0 Å². The Labute approximate surface area is 175 Å². The fraction of sp³-hybridized carbons (Fsp3) is 0.524. The number of ether oxygens (including phenoxy) is 2. The lowest BCUT2D eigenvalue weighted by molar-refractivity contribution is 0.0421. The molecule has 158 valence electrons. The van der Waals surface area contributed by atoms with E-state index in [0.717, 1.165) is 42.1 Å². The molecule has 0 aliphatic carbocycles. The fourth-order valence-corrected chi connectivity index (χ4v) is 4.18. The number of amides is 2. The predicted molar refractivity (Wildman–Crippen MR) is 110 cm³/mol. The van der Waals surface area contributed by atoms with Gasteiger partial charge >= 0.3 is 6.03 Å². The van der Waals surface area contributed by atoms with Crippen LogP contribution in [0.15, 0.2) is 24.5 Å². The van der Waals surface area contributed by atoms with Crippen molar-refractivity contribution in [3.8, 4) is 11.4 Å². The zero-order valence-electron chi connectivity index (χ0n) is 17.0. The average Bonchev–Trinajstić information content (AvgIpc) is 2.84. The molecule has 9 heteroatoms. The number of carbonyl (C=O) groups excluding carboxylic acids is 1. The van der Waals surface area contributed by atoms with E-state index in [4.69, 9.17) is 19.4 Å². The number of pyridine rings is 1. The molecule has 2 saturated heterocycles. The predicted octanol–water partition coefficient (Wildman–Crippen LogP) is 1.19. The van der Waals surface area contributed by atoms with Crippen molar-refractivity contribution in [2.75, 3.05) is 64.1 Å². The first kappa shape index (κ1) is 19.2. The maximum Gasteiger partial charge on any atom is 0.320 e. The van der Waals surface area contributed by atoms with Crippen LogP contribution in [0, 0.1) is 0 Å². The lowest BCUT2D eigenvalue weighted by atomic mass is 10.0. The molecule has 30 heavy (non-hydrogen) atoms. The van der Waals surface area contributed by atoms with E-state index in [1.807, 2.05) is 21.9 Å². The summed E-state index contributed by atoms with van der Waals surface area (Å²) in [7, 11) is 0. The van der Waals surface area contributed by atoms with Crippen LogP contribution >= 0.6 is 0 Å². The van der Waals surface area contributed by atoms with Crippen molar-refractivity contribution in [2.45, 2.75) is 13.0 Å². The Balaban J connectivity index is 1.48. The third-order valence-corrected chi connectivity index (χ3v) is 5.84. The Morgan fingerprint density at radius 1 is 0.867 bits per heavy atom. The van der Waals surface area contributed by atoms with E-state index < -0.39 is 0 Å². The van der Waals surface area contributed by atoms with E-state index >= 15 is 0 Å². The lowest BCUT2D eigenvalue weighted by Gasteiger charge is -2.37. The zero-order chi connectivity index (χ0) is 20.3. The van der Waals surface area contributed by atoms with Crippen molar-refractivity contribution < 1.29 is 14.3 Å². The monoisotopic (exact) mass is 410 g/mol. The molecule has 2 aromatic rings. The first-order chi connectivity index (χ1) is 14.8. The SMILES string of the molecule is O=C(N1CCOCC1)N1CCc2nc(-c3ccncc3)nc(N3CCOCC3)c2C1. The van der Waals surface area contributed by atoms with E-state index in [0.29, 0.717) is 58.4 Å². The van der Waals surface area contributed by atoms with Crippen molar-refractivity contribution >= 4 is 11.8 Å². The van der Waals surface area contributed by atoms with Crippen LogP contribution in [0.4, 0.5) is 10.6 Å². The third kappa shape index (κ3) is 3.82. The van der Waals surface area contributed by atoms with Crippen LogP contribution in [-0.2, 0) is 22.4 Å². The number of carbonyl (C=O) groups is 1. The minimum absolute atomic E-state index is 0.0788. The second-order valence-corrected chi connectivity index (χ2v) is 7.68. The summed E-state index contributed by atoms with van der Waals surface area (Å²) in [5.41, 5.74) is 3.04. The highest BCUT2D eigenvalue weighted by molar-refractivity contribution is 5.75. The molecule has 2 amide bonds. The number of anilines is 1. The van der Waals surface area contributed by atoms with Gasteiger partial charge in [-0.05, 0) is 12.1 Å². The van der Waals surface area contributed by atoms with Gasteiger partial charge in [0.2, 0.25) is 0 Å². The Morgan fingerprint density at radius 3 is 2.30 bits per heavy atom. The van der Waals surface area contributed by atoms with Gasteiger partial charge in [-0.2, -0.15) is 0 Å². The number of hydrogen-bond acceptors (Lipinski definition) is 7. The smallest absolute Gasteiger partial charge is 0.320 e. The summed E-state index contributed by atoms with van der Waals surface area (Å²) in [6.45, 7) is 6.65. The Bertz CT molecular complexity index is 897. The van der Waals surface area contributed by atoms with Crippen molar-refractivity contribution in [1.82, 2.24) is 24.8 Å². The van der Waals surface area contributed by atoms with Gasteiger partial charge in [-0.15, -0.1) is 0 Å². The number of nitrogens with zero attached hydrogens (tertiary/aromatic N) is 6. The van der Waals surface area contributed by atoms with Crippen LogP contribution in [0.1, 0.15) is 11.3 Å².